The second-order valence-electron chi connectivity index (χ2n) is 4.69. The van der Waals surface area contributed by atoms with Crippen LogP contribution in [-0.2, 0) is 0 Å². The lowest BCUT2D eigenvalue weighted by molar-refractivity contribution is 0.102. The summed E-state index contributed by atoms with van der Waals surface area (Å²) in [7, 11) is 1.53. The molecule has 1 aromatic carbocycles. The SMILES string of the molecule is COc1ccc(Cl)cc1NC(=O)c1ccn2c(C)nnc2c1. The van der Waals surface area contributed by atoms with Gasteiger partial charge in [-0.2, -0.15) is 0 Å². The Morgan fingerprint density at radius 3 is 2.86 bits per heavy atom. The third-order valence-electron chi connectivity index (χ3n) is 3.25. The van der Waals surface area contributed by atoms with Crippen molar-refractivity contribution in [2.75, 3.05) is 12.4 Å². The van der Waals surface area contributed by atoms with Gasteiger partial charge in [0.05, 0.1) is 12.8 Å². The topological polar surface area (TPSA) is 68.5 Å². The molecule has 1 amide bonds. The second-order valence-corrected chi connectivity index (χ2v) is 5.13. The first-order chi connectivity index (χ1) is 10.6. The molecule has 0 saturated carbocycles. The van der Waals surface area contributed by atoms with E-state index in [9.17, 15) is 4.79 Å². The number of anilines is 1. The van der Waals surface area contributed by atoms with E-state index in [0.717, 1.165) is 5.82 Å². The first-order valence-corrected chi connectivity index (χ1v) is 6.92. The number of pyridine rings is 1. The lowest BCUT2D eigenvalue weighted by Crippen LogP contribution is -2.13. The molecule has 0 fully saturated rings. The summed E-state index contributed by atoms with van der Waals surface area (Å²) in [4.78, 5) is 12.4. The molecule has 7 heteroatoms. The summed E-state index contributed by atoms with van der Waals surface area (Å²) < 4.78 is 7.01. The summed E-state index contributed by atoms with van der Waals surface area (Å²) in [6.45, 7) is 1.84. The van der Waals surface area contributed by atoms with Gasteiger partial charge in [-0.15, -0.1) is 10.2 Å². The molecule has 3 rings (SSSR count). The van der Waals surface area contributed by atoms with Gasteiger partial charge in [0.1, 0.15) is 11.6 Å². The number of amides is 1. The summed E-state index contributed by atoms with van der Waals surface area (Å²) in [5.74, 6) is 1.03. The minimum Gasteiger partial charge on any atom is -0.495 e. The number of benzene rings is 1. The zero-order chi connectivity index (χ0) is 15.7. The molecule has 0 aliphatic heterocycles. The van der Waals surface area contributed by atoms with Crippen molar-refractivity contribution < 1.29 is 9.53 Å². The van der Waals surface area contributed by atoms with E-state index in [1.165, 1.54) is 7.11 Å². The molecule has 22 heavy (non-hydrogen) atoms. The fourth-order valence-corrected chi connectivity index (χ4v) is 2.30. The molecule has 0 aliphatic rings. The van der Waals surface area contributed by atoms with E-state index in [4.69, 9.17) is 16.3 Å². The summed E-state index contributed by atoms with van der Waals surface area (Å²) >= 11 is 5.96. The van der Waals surface area contributed by atoms with Gasteiger partial charge in [0.15, 0.2) is 5.65 Å². The maximum Gasteiger partial charge on any atom is 0.255 e. The molecule has 6 nitrogen and oxygen atoms in total. The van der Waals surface area contributed by atoms with Gasteiger partial charge in [-0.25, -0.2) is 0 Å². The maximum absolute atomic E-state index is 12.4. The molecule has 0 atom stereocenters. The van der Waals surface area contributed by atoms with Crippen LogP contribution in [0.4, 0.5) is 5.69 Å². The number of aromatic nitrogens is 3. The Hall–Kier alpha value is -2.60. The Labute approximate surface area is 131 Å². The van der Waals surface area contributed by atoms with Crippen LogP contribution in [0.2, 0.25) is 5.02 Å². The molecular weight excluding hydrogens is 304 g/mol. The molecule has 0 saturated heterocycles. The van der Waals surface area contributed by atoms with Gasteiger partial charge in [0.25, 0.3) is 5.91 Å². The predicted octanol–water partition coefficient (Wildman–Crippen LogP) is 2.95. The fourth-order valence-electron chi connectivity index (χ4n) is 2.12. The second kappa shape index (κ2) is 5.65. The Morgan fingerprint density at radius 2 is 2.09 bits per heavy atom. The highest BCUT2D eigenvalue weighted by atomic mass is 35.5. The van der Waals surface area contributed by atoms with E-state index >= 15 is 0 Å². The number of rotatable bonds is 3. The Kier molecular flexibility index (Phi) is 3.68. The van der Waals surface area contributed by atoms with E-state index in [1.54, 1.807) is 40.9 Å². The van der Waals surface area contributed by atoms with E-state index in [0.29, 0.717) is 27.7 Å². The largest absolute Gasteiger partial charge is 0.495 e. The van der Waals surface area contributed by atoms with Crippen molar-refractivity contribution in [2.24, 2.45) is 0 Å². The van der Waals surface area contributed by atoms with E-state index in [1.807, 2.05) is 6.92 Å². The molecule has 0 spiro atoms. The third kappa shape index (κ3) is 2.60. The average molecular weight is 317 g/mol. The van der Waals surface area contributed by atoms with Crippen molar-refractivity contribution in [3.63, 3.8) is 0 Å². The number of hydrogen-bond acceptors (Lipinski definition) is 4. The van der Waals surface area contributed by atoms with Gasteiger partial charge in [-0.05, 0) is 37.3 Å². The standard InChI is InChI=1S/C15H13ClN4O2/c1-9-18-19-14-7-10(5-6-20(9)14)15(21)17-12-8-11(16)3-4-13(12)22-2/h3-8H,1-2H3,(H,17,21). The Bertz CT molecular complexity index is 860. The van der Waals surface area contributed by atoms with Gasteiger partial charge in [0, 0.05) is 16.8 Å². The van der Waals surface area contributed by atoms with Crippen molar-refractivity contribution >= 4 is 28.8 Å². The summed E-state index contributed by atoms with van der Waals surface area (Å²) in [6, 6.07) is 8.41. The molecule has 112 valence electrons. The van der Waals surface area contributed by atoms with Crippen LogP contribution < -0.4 is 10.1 Å². The fraction of sp³-hybridized carbons (Fsp3) is 0.133. The summed E-state index contributed by atoms with van der Waals surface area (Å²) in [5.41, 5.74) is 1.60. The number of fused-ring (bicyclic) bond motifs is 1. The van der Waals surface area contributed by atoms with Crippen LogP contribution in [0.25, 0.3) is 5.65 Å². The molecule has 0 aliphatic carbocycles. The van der Waals surface area contributed by atoms with Crippen molar-refractivity contribution in [3.8, 4) is 5.75 Å². The zero-order valence-electron chi connectivity index (χ0n) is 12.0. The highest BCUT2D eigenvalue weighted by Gasteiger charge is 2.12. The number of nitrogens with zero attached hydrogens (tertiary/aromatic N) is 3. The van der Waals surface area contributed by atoms with E-state index < -0.39 is 0 Å². The number of ether oxygens (including phenoxy) is 1. The van der Waals surface area contributed by atoms with Gasteiger partial charge < -0.3 is 10.1 Å². The van der Waals surface area contributed by atoms with Crippen molar-refractivity contribution in [1.82, 2.24) is 14.6 Å². The number of hydrogen-bond donors (Lipinski definition) is 1. The maximum atomic E-state index is 12.4. The summed E-state index contributed by atoms with van der Waals surface area (Å²) in [5, 5.41) is 11.3. The van der Waals surface area contributed by atoms with Crippen molar-refractivity contribution in [1.29, 1.82) is 0 Å². The predicted molar refractivity (Wildman–Crippen MR) is 83.7 cm³/mol. The van der Waals surface area contributed by atoms with Crippen LogP contribution >= 0.6 is 11.6 Å². The molecule has 1 N–H and O–H groups in total. The normalized spacial score (nSPS) is 10.7. The average Bonchev–Trinajstić information content (AvgIpc) is 2.88. The highest BCUT2D eigenvalue weighted by Crippen LogP contribution is 2.28. The minimum absolute atomic E-state index is 0.274. The Balaban J connectivity index is 1.91. The van der Waals surface area contributed by atoms with Crippen LogP contribution in [0.1, 0.15) is 16.2 Å². The number of carbonyl (C=O) groups excluding carboxylic acids is 1. The number of methoxy groups -OCH3 is 1. The van der Waals surface area contributed by atoms with E-state index in [2.05, 4.69) is 15.5 Å². The molecule has 2 heterocycles. The smallest absolute Gasteiger partial charge is 0.255 e. The molecular formula is C15H13ClN4O2. The first-order valence-electron chi connectivity index (χ1n) is 6.55. The minimum atomic E-state index is -0.274. The molecule has 0 radical (unpaired) electrons. The van der Waals surface area contributed by atoms with Gasteiger partial charge >= 0.3 is 0 Å². The monoisotopic (exact) mass is 316 g/mol. The first kappa shape index (κ1) is 14.3. The van der Waals surface area contributed by atoms with Gasteiger partial charge in [-0.3, -0.25) is 9.20 Å². The highest BCUT2D eigenvalue weighted by molar-refractivity contribution is 6.31. The molecule has 2 aromatic heterocycles. The van der Waals surface area contributed by atoms with Crippen molar-refractivity contribution in [3.05, 3.63) is 52.9 Å². The number of carbonyl (C=O) groups is 1. The summed E-state index contributed by atoms with van der Waals surface area (Å²) in [6.07, 6.45) is 1.76. The molecule has 0 bridgehead atoms. The Morgan fingerprint density at radius 1 is 1.27 bits per heavy atom. The molecule has 0 unspecified atom stereocenters. The van der Waals surface area contributed by atoms with Crippen LogP contribution in [0.3, 0.4) is 0 Å². The zero-order valence-corrected chi connectivity index (χ0v) is 12.8. The lowest BCUT2D eigenvalue weighted by atomic mass is 10.2. The van der Waals surface area contributed by atoms with Crippen LogP contribution in [0, 0.1) is 6.92 Å². The van der Waals surface area contributed by atoms with Crippen molar-refractivity contribution in [2.45, 2.75) is 6.92 Å². The van der Waals surface area contributed by atoms with Crippen LogP contribution in [0.5, 0.6) is 5.75 Å². The number of nitrogens with one attached hydrogen (secondary N) is 1. The molecule has 3 aromatic rings. The number of halogens is 1. The van der Waals surface area contributed by atoms with E-state index in [-0.39, 0.29) is 5.91 Å². The third-order valence-corrected chi connectivity index (χ3v) is 3.49. The lowest BCUT2D eigenvalue weighted by Gasteiger charge is -2.10. The van der Waals surface area contributed by atoms with Crippen LogP contribution in [0.15, 0.2) is 36.5 Å². The van der Waals surface area contributed by atoms with Gasteiger partial charge in [0.2, 0.25) is 0 Å². The quantitative estimate of drug-likeness (QED) is 0.806. The number of aryl methyl sites for hydroxylation is 1. The van der Waals surface area contributed by atoms with Crippen LogP contribution in [-0.4, -0.2) is 27.6 Å². The van der Waals surface area contributed by atoms with Gasteiger partial charge in [-0.1, -0.05) is 11.6 Å².